The van der Waals surface area contributed by atoms with Gasteiger partial charge in [-0.2, -0.15) is 0 Å². The molecule has 1 atom stereocenters. The van der Waals surface area contributed by atoms with Gasteiger partial charge in [-0.3, -0.25) is 18.8 Å². The number of primary amides is 1. The highest BCUT2D eigenvalue weighted by molar-refractivity contribution is 7.15. The van der Waals surface area contributed by atoms with E-state index in [1.807, 2.05) is 5.38 Å². The van der Waals surface area contributed by atoms with Crippen LogP contribution in [0.2, 0.25) is 0 Å². The molecule has 2 aromatic rings. The van der Waals surface area contributed by atoms with E-state index in [-0.39, 0.29) is 5.56 Å². The predicted octanol–water partition coefficient (Wildman–Crippen LogP) is 0.544. The number of amides is 2. The molecule has 0 spiro atoms. The highest BCUT2D eigenvalue weighted by Crippen LogP contribution is 2.19. The quantitative estimate of drug-likeness (QED) is 0.873. The molecule has 0 radical (unpaired) electrons. The number of hydrogen-bond donors (Lipinski definition) is 1. The van der Waals surface area contributed by atoms with Crippen LogP contribution >= 0.6 is 11.3 Å². The van der Waals surface area contributed by atoms with E-state index in [1.54, 1.807) is 6.92 Å². The summed E-state index contributed by atoms with van der Waals surface area (Å²) in [7, 11) is 0. The van der Waals surface area contributed by atoms with Crippen molar-refractivity contribution in [3.05, 3.63) is 33.2 Å². The van der Waals surface area contributed by atoms with Crippen LogP contribution in [-0.4, -0.2) is 38.7 Å². The van der Waals surface area contributed by atoms with Gasteiger partial charge >= 0.3 is 0 Å². The van der Waals surface area contributed by atoms with Crippen molar-refractivity contribution in [1.29, 1.82) is 0 Å². The van der Waals surface area contributed by atoms with Gasteiger partial charge < -0.3 is 10.6 Å². The van der Waals surface area contributed by atoms with Crippen LogP contribution in [0.25, 0.3) is 4.96 Å². The Morgan fingerprint density at radius 1 is 1.41 bits per heavy atom. The molecule has 1 aliphatic heterocycles. The minimum Gasteiger partial charge on any atom is -0.368 e. The van der Waals surface area contributed by atoms with Gasteiger partial charge in [0.2, 0.25) is 5.91 Å². The Bertz CT molecular complexity index is 810. The van der Waals surface area contributed by atoms with Gasteiger partial charge in [0.15, 0.2) is 4.96 Å². The predicted molar refractivity (Wildman–Crippen MR) is 81.9 cm³/mol. The number of carbonyl (C=O) groups is 2. The number of fused-ring (bicyclic) bond motifs is 1. The monoisotopic (exact) mass is 320 g/mol. The molecule has 0 aliphatic carbocycles. The number of nitrogens with two attached hydrogens (primary N) is 1. The zero-order valence-electron chi connectivity index (χ0n) is 12.1. The summed E-state index contributed by atoms with van der Waals surface area (Å²) in [5.74, 6) is -1.00. The number of likely N-dealkylation sites (tertiary alicyclic amines) is 1. The summed E-state index contributed by atoms with van der Waals surface area (Å²) in [6.45, 7) is 2.21. The number of aromatic nitrogens is 2. The molecule has 1 saturated heterocycles. The van der Waals surface area contributed by atoms with Crippen LogP contribution in [0.1, 0.15) is 35.3 Å². The van der Waals surface area contributed by atoms with E-state index in [4.69, 9.17) is 5.73 Å². The molecular formula is C14H16N4O3S. The maximum atomic E-state index is 12.7. The fourth-order valence-electron chi connectivity index (χ4n) is 2.80. The van der Waals surface area contributed by atoms with Crippen LogP contribution in [0.3, 0.4) is 0 Å². The van der Waals surface area contributed by atoms with E-state index in [1.165, 1.54) is 26.8 Å². The van der Waals surface area contributed by atoms with Crippen molar-refractivity contribution in [2.24, 2.45) is 5.73 Å². The minimum absolute atomic E-state index is 0.0212. The number of piperidine rings is 1. The first-order valence-corrected chi connectivity index (χ1v) is 7.95. The van der Waals surface area contributed by atoms with E-state index in [2.05, 4.69) is 4.98 Å². The highest BCUT2D eigenvalue weighted by atomic mass is 32.1. The van der Waals surface area contributed by atoms with E-state index in [0.717, 1.165) is 18.5 Å². The SMILES string of the molecule is Cc1csc2ncc(C(=O)N3CCCCC3C(N)=O)c(=O)n12. The van der Waals surface area contributed by atoms with Crippen molar-refractivity contribution in [3.63, 3.8) is 0 Å². The molecule has 8 heteroatoms. The number of aryl methyl sites for hydroxylation is 1. The molecule has 0 saturated carbocycles. The van der Waals surface area contributed by atoms with Crippen LogP contribution in [-0.2, 0) is 4.79 Å². The van der Waals surface area contributed by atoms with E-state index < -0.39 is 23.4 Å². The highest BCUT2D eigenvalue weighted by Gasteiger charge is 2.32. The molecule has 2 N–H and O–H groups in total. The molecule has 7 nitrogen and oxygen atoms in total. The summed E-state index contributed by atoms with van der Waals surface area (Å²) in [6.07, 6.45) is 3.47. The average Bonchev–Trinajstić information content (AvgIpc) is 2.89. The standard InChI is InChI=1S/C14H16N4O3S/c1-8-7-22-14-16-6-9(13(21)18(8)14)12(20)17-5-3-2-4-10(17)11(15)19/h6-7,10H,2-5H2,1H3,(H2,15,19). The fraction of sp³-hybridized carbons (Fsp3) is 0.429. The second-order valence-corrected chi connectivity index (χ2v) is 6.22. The van der Waals surface area contributed by atoms with E-state index in [0.29, 0.717) is 17.9 Å². The normalized spacial score (nSPS) is 18.6. The van der Waals surface area contributed by atoms with Crippen LogP contribution in [0.15, 0.2) is 16.4 Å². The molecule has 22 heavy (non-hydrogen) atoms. The number of rotatable bonds is 2. The summed E-state index contributed by atoms with van der Waals surface area (Å²) < 4.78 is 1.42. The molecule has 1 aliphatic rings. The summed E-state index contributed by atoms with van der Waals surface area (Å²) >= 11 is 1.34. The Hall–Kier alpha value is -2.22. The number of carbonyl (C=O) groups excluding carboxylic acids is 2. The molecule has 116 valence electrons. The van der Waals surface area contributed by atoms with E-state index in [9.17, 15) is 14.4 Å². The van der Waals surface area contributed by atoms with Crippen molar-refractivity contribution in [1.82, 2.24) is 14.3 Å². The lowest BCUT2D eigenvalue weighted by Gasteiger charge is -2.33. The molecule has 3 rings (SSSR count). The summed E-state index contributed by atoms with van der Waals surface area (Å²) in [6, 6.07) is -0.648. The van der Waals surface area contributed by atoms with Crippen LogP contribution in [0, 0.1) is 6.92 Å². The lowest BCUT2D eigenvalue weighted by molar-refractivity contribution is -0.123. The summed E-state index contributed by atoms with van der Waals surface area (Å²) in [5, 5.41) is 1.81. The summed E-state index contributed by atoms with van der Waals surface area (Å²) in [5.41, 5.74) is 5.69. The van der Waals surface area contributed by atoms with Crippen LogP contribution < -0.4 is 11.3 Å². The van der Waals surface area contributed by atoms with Gasteiger partial charge in [-0.1, -0.05) is 0 Å². The van der Waals surface area contributed by atoms with Crippen molar-refractivity contribution >= 4 is 28.1 Å². The van der Waals surface area contributed by atoms with E-state index >= 15 is 0 Å². The number of hydrogen-bond acceptors (Lipinski definition) is 5. The van der Waals surface area contributed by atoms with Gasteiger partial charge in [0.05, 0.1) is 0 Å². The number of thiazole rings is 1. The first kappa shape index (κ1) is 14.7. The maximum absolute atomic E-state index is 12.7. The van der Waals surface area contributed by atoms with Gasteiger partial charge in [-0.15, -0.1) is 11.3 Å². The Morgan fingerprint density at radius 2 is 2.18 bits per heavy atom. The van der Waals surface area contributed by atoms with Crippen LogP contribution in [0.5, 0.6) is 0 Å². The molecule has 2 amide bonds. The Labute approximate surface area is 130 Å². The third-order valence-corrected chi connectivity index (χ3v) is 4.90. The van der Waals surface area contributed by atoms with Gasteiger partial charge in [0, 0.05) is 23.8 Å². The maximum Gasteiger partial charge on any atom is 0.271 e. The molecule has 0 bridgehead atoms. The van der Waals surface area contributed by atoms with Crippen molar-refractivity contribution in [2.45, 2.75) is 32.2 Å². The molecule has 3 heterocycles. The molecular weight excluding hydrogens is 304 g/mol. The molecule has 2 aromatic heterocycles. The Balaban J connectivity index is 2.04. The first-order chi connectivity index (χ1) is 10.5. The van der Waals surface area contributed by atoms with Gasteiger partial charge in [-0.05, 0) is 26.2 Å². The van der Waals surface area contributed by atoms with Gasteiger partial charge in [-0.25, -0.2) is 4.98 Å². The largest absolute Gasteiger partial charge is 0.368 e. The second-order valence-electron chi connectivity index (χ2n) is 5.38. The topological polar surface area (TPSA) is 97.8 Å². The van der Waals surface area contributed by atoms with Gasteiger partial charge in [0.25, 0.3) is 11.5 Å². The third-order valence-electron chi connectivity index (χ3n) is 3.94. The fourth-order valence-corrected chi connectivity index (χ4v) is 3.62. The molecule has 1 fully saturated rings. The third kappa shape index (κ3) is 2.29. The Morgan fingerprint density at radius 3 is 2.91 bits per heavy atom. The minimum atomic E-state index is -0.648. The first-order valence-electron chi connectivity index (χ1n) is 7.07. The molecule has 1 unspecified atom stereocenters. The number of nitrogens with zero attached hydrogens (tertiary/aromatic N) is 3. The average molecular weight is 320 g/mol. The smallest absolute Gasteiger partial charge is 0.271 e. The van der Waals surface area contributed by atoms with Crippen molar-refractivity contribution < 1.29 is 9.59 Å². The second kappa shape index (κ2) is 5.53. The van der Waals surface area contributed by atoms with Crippen molar-refractivity contribution in [2.75, 3.05) is 6.54 Å². The van der Waals surface area contributed by atoms with Crippen molar-refractivity contribution in [3.8, 4) is 0 Å². The lowest BCUT2D eigenvalue weighted by Crippen LogP contribution is -2.51. The zero-order valence-corrected chi connectivity index (χ0v) is 12.9. The Kier molecular flexibility index (Phi) is 3.69. The zero-order chi connectivity index (χ0) is 15.9. The van der Waals surface area contributed by atoms with Crippen LogP contribution in [0.4, 0.5) is 0 Å². The van der Waals surface area contributed by atoms with Gasteiger partial charge in [0.1, 0.15) is 11.6 Å². The molecule has 0 aromatic carbocycles. The summed E-state index contributed by atoms with van der Waals surface area (Å²) in [4.78, 5) is 42.9. The lowest BCUT2D eigenvalue weighted by atomic mass is 10.0.